The summed E-state index contributed by atoms with van der Waals surface area (Å²) in [6.45, 7) is 9.13. The predicted molar refractivity (Wildman–Crippen MR) is 83.4 cm³/mol. The van der Waals surface area contributed by atoms with E-state index in [1.54, 1.807) is 0 Å². The zero-order valence-electron chi connectivity index (χ0n) is 13.0. The van der Waals surface area contributed by atoms with Crippen LogP contribution in [-0.4, -0.2) is 36.0 Å². The quantitative estimate of drug-likeness (QED) is 0.800. The van der Waals surface area contributed by atoms with Crippen molar-refractivity contribution < 1.29 is 4.79 Å². The number of benzene rings is 1. The molecule has 0 aliphatic carbocycles. The van der Waals surface area contributed by atoms with Gasteiger partial charge in [-0.25, -0.2) is 0 Å². The fourth-order valence-corrected chi connectivity index (χ4v) is 2.46. The second-order valence-corrected chi connectivity index (χ2v) is 5.50. The summed E-state index contributed by atoms with van der Waals surface area (Å²) in [5, 5.41) is 2.93. The summed E-state index contributed by atoms with van der Waals surface area (Å²) in [7, 11) is 0. The lowest BCUT2D eigenvalue weighted by atomic mass is 9.99. The molecule has 4 heteroatoms. The third-order valence-corrected chi connectivity index (χ3v) is 3.24. The first-order valence-corrected chi connectivity index (χ1v) is 7.29. The second-order valence-electron chi connectivity index (χ2n) is 5.50. The molecule has 2 atom stereocenters. The van der Waals surface area contributed by atoms with Crippen molar-refractivity contribution in [2.24, 2.45) is 5.73 Å². The highest BCUT2D eigenvalue weighted by molar-refractivity contribution is 5.78. The van der Waals surface area contributed by atoms with E-state index in [4.69, 9.17) is 5.73 Å². The van der Waals surface area contributed by atoms with Crippen LogP contribution in [0.2, 0.25) is 0 Å². The summed E-state index contributed by atoms with van der Waals surface area (Å²) in [6, 6.07) is 10.3. The highest BCUT2D eigenvalue weighted by Gasteiger charge is 2.24. The minimum Gasteiger partial charge on any atom is -0.353 e. The largest absolute Gasteiger partial charge is 0.353 e. The van der Waals surface area contributed by atoms with E-state index in [1.807, 2.05) is 39.0 Å². The van der Waals surface area contributed by atoms with E-state index in [1.165, 1.54) is 0 Å². The van der Waals surface area contributed by atoms with Gasteiger partial charge in [-0.2, -0.15) is 0 Å². The smallest absolute Gasteiger partial charge is 0.234 e. The van der Waals surface area contributed by atoms with Gasteiger partial charge in [-0.05, 0) is 32.9 Å². The van der Waals surface area contributed by atoms with Gasteiger partial charge >= 0.3 is 0 Å². The Hall–Kier alpha value is -1.39. The van der Waals surface area contributed by atoms with Crippen LogP contribution in [0.3, 0.4) is 0 Å². The maximum absolute atomic E-state index is 12.0. The van der Waals surface area contributed by atoms with Crippen LogP contribution in [0.15, 0.2) is 30.3 Å². The summed E-state index contributed by atoms with van der Waals surface area (Å²) in [5.74, 6) is 0.0448. The number of likely N-dealkylation sites (N-methyl/N-ethyl adjacent to an activating group) is 1. The molecule has 3 N–H and O–H groups in total. The van der Waals surface area contributed by atoms with Gasteiger partial charge in [0.1, 0.15) is 0 Å². The summed E-state index contributed by atoms with van der Waals surface area (Å²) < 4.78 is 0. The molecular formula is C16H27N3O. The van der Waals surface area contributed by atoms with Gasteiger partial charge in [0.05, 0.1) is 12.6 Å². The molecule has 0 aromatic heterocycles. The molecule has 20 heavy (non-hydrogen) atoms. The van der Waals surface area contributed by atoms with E-state index in [-0.39, 0.29) is 24.0 Å². The molecule has 0 aliphatic heterocycles. The van der Waals surface area contributed by atoms with Crippen molar-refractivity contribution in [2.75, 3.05) is 13.1 Å². The normalized spacial score (nSPS) is 14.3. The van der Waals surface area contributed by atoms with Crippen LogP contribution in [0.4, 0.5) is 0 Å². The highest BCUT2D eigenvalue weighted by atomic mass is 16.2. The first kappa shape index (κ1) is 16.7. The third kappa shape index (κ3) is 4.94. The van der Waals surface area contributed by atoms with E-state index in [0.717, 1.165) is 12.1 Å². The van der Waals surface area contributed by atoms with E-state index >= 15 is 0 Å². The Morgan fingerprint density at radius 2 is 1.85 bits per heavy atom. The predicted octanol–water partition coefficient (Wildman–Crippen LogP) is 1.92. The first-order chi connectivity index (χ1) is 9.45. The Morgan fingerprint density at radius 1 is 1.25 bits per heavy atom. The van der Waals surface area contributed by atoms with E-state index < -0.39 is 0 Å². The zero-order chi connectivity index (χ0) is 15.1. The van der Waals surface area contributed by atoms with Crippen molar-refractivity contribution in [2.45, 2.75) is 45.8 Å². The Balaban J connectivity index is 2.85. The summed E-state index contributed by atoms with van der Waals surface area (Å²) >= 11 is 0. The molecule has 0 saturated carbocycles. The molecule has 0 bridgehead atoms. The van der Waals surface area contributed by atoms with E-state index in [9.17, 15) is 4.79 Å². The monoisotopic (exact) mass is 277 g/mol. The fourth-order valence-electron chi connectivity index (χ4n) is 2.46. The molecule has 2 unspecified atom stereocenters. The van der Waals surface area contributed by atoms with Gasteiger partial charge in [-0.15, -0.1) is 0 Å². The van der Waals surface area contributed by atoms with Gasteiger partial charge in [-0.3, -0.25) is 9.69 Å². The van der Waals surface area contributed by atoms with Crippen molar-refractivity contribution in [3.8, 4) is 0 Å². The number of hydrogen-bond acceptors (Lipinski definition) is 3. The molecule has 0 fully saturated rings. The van der Waals surface area contributed by atoms with Crippen molar-refractivity contribution in [1.29, 1.82) is 0 Å². The molecule has 0 spiro atoms. The second kappa shape index (κ2) is 8.02. The van der Waals surface area contributed by atoms with Crippen molar-refractivity contribution >= 4 is 5.91 Å². The molecule has 0 aliphatic rings. The van der Waals surface area contributed by atoms with Crippen LogP contribution >= 0.6 is 0 Å². The van der Waals surface area contributed by atoms with Gasteiger partial charge in [0.2, 0.25) is 5.91 Å². The molecular weight excluding hydrogens is 250 g/mol. The van der Waals surface area contributed by atoms with Crippen molar-refractivity contribution in [3.05, 3.63) is 35.9 Å². The molecule has 0 radical (unpaired) electrons. The Labute approximate surface area is 122 Å². The molecule has 0 saturated heterocycles. The summed E-state index contributed by atoms with van der Waals surface area (Å²) in [5.41, 5.74) is 7.30. The number of nitrogens with two attached hydrogens (primary N) is 1. The van der Waals surface area contributed by atoms with E-state index in [0.29, 0.717) is 6.54 Å². The van der Waals surface area contributed by atoms with Crippen LogP contribution < -0.4 is 11.1 Å². The number of carbonyl (C=O) groups excluding carboxylic acids is 1. The Morgan fingerprint density at radius 3 is 2.30 bits per heavy atom. The van der Waals surface area contributed by atoms with Gasteiger partial charge in [0.25, 0.3) is 0 Å². The number of nitrogens with one attached hydrogen (secondary N) is 1. The number of hydrogen-bond donors (Lipinski definition) is 2. The standard InChI is InChI=1S/C16H27N3O/c1-5-19(11-15(20)18-12(2)3)16(13(4)17)14-9-7-6-8-10-14/h6-10,12-13,16H,5,11,17H2,1-4H3,(H,18,20). The maximum Gasteiger partial charge on any atom is 0.234 e. The Kier molecular flexibility index (Phi) is 6.68. The minimum absolute atomic E-state index is 0.0378. The molecule has 0 heterocycles. The van der Waals surface area contributed by atoms with Crippen LogP contribution in [0.5, 0.6) is 0 Å². The van der Waals surface area contributed by atoms with Gasteiger partial charge in [0.15, 0.2) is 0 Å². The third-order valence-electron chi connectivity index (χ3n) is 3.24. The lowest BCUT2D eigenvalue weighted by molar-refractivity contribution is -0.123. The molecule has 1 rings (SSSR count). The minimum atomic E-state index is -0.0378. The molecule has 1 amide bonds. The lowest BCUT2D eigenvalue weighted by Gasteiger charge is -2.33. The maximum atomic E-state index is 12.0. The average molecular weight is 277 g/mol. The average Bonchev–Trinajstić information content (AvgIpc) is 2.37. The number of nitrogens with zero attached hydrogens (tertiary/aromatic N) is 1. The Bertz CT molecular complexity index is 403. The summed E-state index contributed by atoms with van der Waals surface area (Å²) in [4.78, 5) is 14.1. The topological polar surface area (TPSA) is 58.4 Å². The lowest BCUT2D eigenvalue weighted by Crippen LogP contribution is -2.45. The van der Waals surface area contributed by atoms with Gasteiger partial charge < -0.3 is 11.1 Å². The zero-order valence-corrected chi connectivity index (χ0v) is 13.0. The number of rotatable bonds is 7. The summed E-state index contributed by atoms with van der Waals surface area (Å²) in [6.07, 6.45) is 0. The molecule has 1 aromatic carbocycles. The van der Waals surface area contributed by atoms with Gasteiger partial charge in [-0.1, -0.05) is 37.3 Å². The highest BCUT2D eigenvalue weighted by Crippen LogP contribution is 2.22. The fraction of sp³-hybridized carbons (Fsp3) is 0.562. The molecule has 1 aromatic rings. The van der Waals surface area contributed by atoms with Gasteiger partial charge in [0, 0.05) is 12.1 Å². The molecule has 112 valence electrons. The van der Waals surface area contributed by atoms with Crippen LogP contribution in [-0.2, 0) is 4.79 Å². The molecule has 4 nitrogen and oxygen atoms in total. The first-order valence-electron chi connectivity index (χ1n) is 7.29. The SMILES string of the molecule is CCN(CC(=O)NC(C)C)C(c1ccccc1)C(C)N. The van der Waals surface area contributed by atoms with Crippen LogP contribution in [0.1, 0.15) is 39.3 Å². The van der Waals surface area contributed by atoms with Crippen LogP contribution in [0, 0.1) is 0 Å². The van der Waals surface area contributed by atoms with E-state index in [2.05, 4.69) is 29.3 Å². The van der Waals surface area contributed by atoms with Crippen molar-refractivity contribution in [1.82, 2.24) is 10.2 Å². The van der Waals surface area contributed by atoms with Crippen LogP contribution in [0.25, 0.3) is 0 Å². The number of carbonyl (C=O) groups is 1. The number of amides is 1. The van der Waals surface area contributed by atoms with Crippen molar-refractivity contribution in [3.63, 3.8) is 0 Å².